The molecule has 0 aromatic heterocycles. The molecular formula is C13H14ClNO. The van der Waals surface area contributed by atoms with E-state index in [1.165, 1.54) is 0 Å². The van der Waals surface area contributed by atoms with E-state index in [1.54, 1.807) is 12.1 Å². The van der Waals surface area contributed by atoms with Crippen molar-refractivity contribution in [3.8, 4) is 16.9 Å². The number of halogens is 1. The third-order valence-electron chi connectivity index (χ3n) is 2.39. The lowest BCUT2D eigenvalue weighted by Gasteiger charge is -2.03. The van der Waals surface area contributed by atoms with Crippen LogP contribution < -0.4 is 5.73 Å². The van der Waals surface area contributed by atoms with Crippen molar-refractivity contribution in [1.82, 2.24) is 0 Å². The van der Waals surface area contributed by atoms with E-state index in [9.17, 15) is 0 Å². The fourth-order valence-electron chi connectivity index (χ4n) is 1.49. The number of benzene rings is 2. The first-order valence-corrected chi connectivity index (χ1v) is 4.88. The van der Waals surface area contributed by atoms with Gasteiger partial charge in [0.05, 0.1) is 0 Å². The molecule has 3 N–H and O–H groups in total. The van der Waals surface area contributed by atoms with Gasteiger partial charge >= 0.3 is 0 Å². The van der Waals surface area contributed by atoms with Crippen molar-refractivity contribution in [3.05, 3.63) is 54.1 Å². The molecule has 0 aliphatic carbocycles. The van der Waals surface area contributed by atoms with E-state index in [-0.39, 0.29) is 18.2 Å². The summed E-state index contributed by atoms with van der Waals surface area (Å²) in [6, 6.07) is 15.3. The number of hydrogen-bond acceptors (Lipinski definition) is 2. The van der Waals surface area contributed by atoms with E-state index in [0.717, 1.165) is 16.7 Å². The van der Waals surface area contributed by atoms with Gasteiger partial charge in [-0.15, -0.1) is 12.4 Å². The van der Waals surface area contributed by atoms with Gasteiger partial charge in [-0.3, -0.25) is 0 Å². The molecule has 0 bridgehead atoms. The van der Waals surface area contributed by atoms with Crippen LogP contribution in [0.25, 0.3) is 11.1 Å². The quantitative estimate of drug-likeness (QED) is 0.841. The zero-order chi connectivity index (χ0) is 10.7. The van der Waals surface area contributed by atoms with E-state index >= 15 is 0 Å². The smallest absolute Gasteiger partial charge is 0.115 e. The zero-order valence-corrected chi connectivity index (χ0v) is 9.58. The van der Waals surface area contributed by atoms with Gasteiger partial charge < -0.3 is 10.8 Å². The molecule has 0 unspecified atom stereocenters. The van der Waals surface area contributed by atoms with Crippen molar-refractivity contribution in [1.29, 1.82) is 0 Å². The summed E-state index contributed by atoms with van der Waals surface area (Å²) in [4.78, 5) is 0. The Kier molecular flexibility index (Phi) is 4.35. The third-order valence-corrected chi connectivity index (χ3v) is 2.39. The molecule has 2 nitrogen and oxygen atoms in total. The normalized spacial score (nSPS) is 9.56. The van der Waals surface area contributed by atoms with Crippen LogP contribution in [0.3, 0.4) is 0 Å². The van der Waals surface area contributed by atoms with E-state index < -0.39 is 0 Å². The second-order valence-electron chi connectivity index (χ2n) is 3.45. The first kappa shape index (κ1) is 12.6. The summed E-state index contributed by atoms with van der Waals surface area (Å²) in [5, 5.41) is 9.17. The standard InChI is InChI=1S/C13H13NO.ClH/c14-9-10-1-3-11(4-2-10)12-5-7-13(15)8-6-12;/h1-8,15H,9,14H2;1H. The second kappa shape index (κ2) is 5.54. The minimum absolute atomic E-state index is 0. The Labute approximate surface area is 101 Å². The third kappa shape index (κ3) is 2.75. The van der Waals surface area contributed by atoms with Crippen LogP contribution in [0.15, 0.2) is 48.5 Å². The Morgan fingerprint density at radius 3 is 1.69 bits per heavy atom. The fourth-order valence-corrected chi connectivity index (χ4v) is 1.49. The number of phenolic OH excluding ortho intramolecular Hbond substituents is 1. The van der Waals surface area contributed by atoms with Gasteiger partial charge in [0.25, 0.3) is 0 Å². The Morgan fingerprint density at radius 1 is 0.812 bits per heavy atom. The van der Waals surface area contributed by atoms with Crippen LogP contribution in [0.2, 0.25) is 0 Å². The highest BCUT2D eigenvalue weighted by Crippen LogP contribution is 2.21. The molecule has 3 heteroatoms. The van der Waals surface area contributed by atoms with Crippen molar-refractivity contribution in [2.45, 2.75) is 6.54 Å². The maximum absolute atomic E-state index is 9.17. The molecule has 16 heavy (non-hydrogen) atoms. The van der Waals surface area contributed by atoms with E-state index in [0.29, 0.717) is 6.54 Å². The van der Waals surface area contributed by atoms with Crippen molar-refractivity contribution >= 4 is 12.4 Å². The van der Waals surface area contributed by atoms with Gasteiger partial charge in [0, 0.05) is 6.54 Å². The number of nitrogens with two attached hydrogens (primary N) is 1. The van der Waals surface area contributed by atoms with E-state index in [4.69, 9.17) is 10.8 Å². The van der Waals surface area contributed by atoms with Gasteiger partial charge in [-0.05, 0) is 28.8 Å². The van der Waals surface area contributed by atoms with Crippen LogP contribution in [-0.2, 0) is 6.54 Å². The summed E-state index contributed by atoms with van der Waals surface area (Å²) in [5.41, 5.74) is 8.87. The van der Waals surface area contributed by atoms with Crippen molar-refractivity contribution in [2.75, 3.05) is 0 Å². The number of phenols is 1. The predicted octanol–water partition coefficient (Wildman–Crippen LogP) is 2.94. The van der Waals surface area contributed by atoms with Gasteiger partial charge in [0.15, 0.2) is 0 Å². The second-order valence-corrected chi connectivity index (χ2v) is 3.45. The Balaban J connectivity index is 0.00000128. The van der Waals surface area contributed by atoms with Gasteiger partial charge in [-0.25, -0.2) is 0 Å². The Hall–Kier alpha value is -1.51. The molecule has 0 aliphatic heterocycles. The van der Waals surface area contributed by atoms with Gasteiger partial charge in [-0.1, -0.05) is 36.4 Å². The van der Waals surface area contributed by atoms with Crippen LogP contribution in [-0.4, -0.2) is 5.11 Å². The summed E-state index contributed by atoms with van der Waals surface area (Å²) >= 11 is 0. The highest BCUT2D eigenvalue weighted by Gasteiger charge is 1.97. The van der Waals surface area contributed by atoms with Gasteiger partial charge in [0.2, 0.25) is 0 Å². The molecule has 0 spiro atoms. The molecule has 0 amide bonds. The van der Waals surface area contributed by atoms with E-state index in [1.807, 2.05) is 36.4 Å². The van der Waals surface area contributed by atoms with Crippen molar-refractivity contribution in [2.24, 2.45) is 5.73 Å². The first-order chi connectivity index (χ1) is 7.29. The molecule has 0 atom stereocenters. The van der Waals surface area contributed by atoms with Crippen LogP contribution >= 0.6 is 12.4 Å². The SMILES string of the molecule is Cl.NCc1ccc(-c2ccc(O)cc2)cc1. The van der Waals surface area contributed by atoms with Crippen molar-refractivity contribution < 1.29 is 5.11 Å². The predicted molar refractivity (Wildman–Crippen MR) is 68.7 cm³/mol. The minimum Gasteiger partial charge on any atom is -0.508 e. The first-order valence-electron chi connectivity index (χ1n) is 4.88. The Bertz CT molecular complexity index is 436. The average Bonchev–Trinajstić information content (AvgIpc) is 2.30. The maximum Gasteiger partial charge on any atom is 0.115 e. The Morgan fingerprint density at radius 2 is 1.25 bits per heavy atom. The summed E-state index contributed by atoms with van der Waals surface area (Å²) < 4.78 is 0. The highest BCUT2D eigenvalue weighted by molar-refractivity contribution is 5.85. The largest absolute Gasteiger partial charge is 0.508 e. The number of hydrogen-bond donors (Lipinski definition) is 2. The fraction of sp³-hybridized carbons (Fsp3) is 0.0769. The van der Waals surface area contributed by atoms with Crippen LogP contribution in [0.4, 0.5) is 0 Å². The molecule has 0 radical (unpaired) electrons. The highest BCUT2D eigenvalue weighted by atomic mass is 35.5. The number of aromatic hydroxyl groups is 1. The lowest BCUT2D eigenvalue weighted by molar-refractivity contribution is 0.475. The summed E-state index contributed by atoms with van der Waals surface area (Å²) in [7, 11) is 0. The summed E-state index contributed by atoms with van der Waals surface area (Å²) in [6.07, 6.45) is 0. The molecule has 2 rings (SSSR count). The number of rotatable bonds is 2. The average molecular weight is 236 g/mol. The summed E-state index contributed by atoms with van der Waals surface area (Å²) in [6.45, 7) is 0.565. The minimum atomic E-state index is 0. The lowest BCUT2D eigenvalue weighted by atomic mass is 10.0. The van der Waals surface area contributed by atoms with Crippen molar-refractivity contribution in [3.63, 3.8) is 0 Å². The molecule has 84 valence electrons. The molecule has 0 aliphatic rings. The zero-order valence-electron chi connectivity index (χ0n) is 8.76. The van der Waals surface area contributed by atoms with Gasteiger partial charge in [-0.2, -0.15) is 0 Å². The molecular weight excluding hydrogens is 222 g/mol. The molecule has 0 saturated carbocycles. The molecule has 0 fully saturated rings. The van der Waals surface area contributed by atoms with Crippen LogP contribution in [0, 0.1) is 0 Å². The molecule has 0 heterocycles. The molecule has 2 aromatic carbocycles. The van der Waals surface area contributed by atoms with Crippen LogP contribution in [0.1, 0.15) is 5.56 Å². The maximum atomic E-state index is 9.17. The van der Waals surface area contributed by atoms with Crippen LogP contribution in [0.5, 0.6) is 5.75 Å². The molecule has 0 saturated heterocycles. The van der Waals surface area contributed by atoms with Gasteiger partial charge in [0.1, 0.15) is 5.75 Å². The molecule has 2 aromatic rings. The van der Waals surface area contributed by atoms with E-state index in [2.05, 4.69) is 0 Å². The topological polar surface area (TPSA) is 46.2 Å². The summed E-state index contributed by atoms with van der Waals surface area (Å²) in [5.74, 6) is 0.289. The monoisotopic (exact) mass is 235 g/mol. The lowest BCUT2D eigenvalue weighted by Crippen LogP contribution is -1.95.